The van der Waals surface area contributed by atoms with Crippen molar-refractivity contribution in [3.05, 3.63) is 53.1 Å². The van der Waals surface area contributed by atoms with Gasteiger partial charge in [-0.25, -0.2) is 4.79 Å². The zero-order chi connectivity index (χ0) is 21.1. The molecule has 2 heterocycles. The number of nitrogens with zero attached hydrogens (tertiary/aromatic N) is 1. The van der Waals surface area contributed by atoms with Gasteiger partial charge in [-0.05, 0) is 47.7 Å². The summed E-state index contributed by atoms with van der Waals surface area (Å²) in [5.41, 5.74) is 0.756. The van der Waals surface area contributed by atoms with Crippen LogP contribution in [-0.4, -0.2) is 22.8 Å². The van der Waals surface area contributed by atoms with Gasteiger partial charge in [0.1, 0.15) is 0 Å². The first-order valence-corrected chi connectivity index (χ1v) is 9.48. The van der Waals surface area contributed by atoms with Crippen molar-refractivity contribution >= 4 is 17.7 Å². The van der Waals surface area contributed by atoms with Crippen LogP contribution in [-0.2, 0) is 5.41 Å². The number of carbonyl (C=O) groups excluding carboxylic acids is 2. The fourth-order valence-electron chi connectivity index (χ4n) is 4.05. The van der Waals surface area contributed by atoms with E-state index in [1.54, 1.807) is 25.1 Å². The van der Waals surface area contributed by atoms with Crippen LogP contribution in [0.2, 0.25) is 0 Å². The van der Waals surface area contributed by atoms with Crippen LogP contribution >= 0.6 is 0 Å². The zero-order valence-electron chi connectivity index (χ0n) is 16.8. The van der Waals surface area contributed by atoms with E-state index in [-0.39, 0.29) is 22.8 Å². The number of anilines is 1. The van der Waals surface area contributed by atoms with Gasteiger partial charge in [-0.3, -0.25) is 4.90 Å². The Morgan fingerprint density at radius 3 is 2.69 bits per heavy atom. The van der Waals surface area contributed by atoms with Gasteiger partial charge in [0.05, 0.1) is 17.7 Å². The Morgan fingerprint density at radius 2 is 2.03 bits per heavy atom. The highest BCUT2D eigenvalue weighted by Crippen LogP contribution is 2.50. The summed E-state index contributed by atoms with van der Waals surface area (Å²) in [5.74, 6) is -0.977. The molecular formula is C22H23N2O5-. The number of phenols is 1. The summed E-state index contributed by atoms with van der Waals surface area (Å²) in [6, 6.07) is 8.89. The van der Waals surface area contributed by atoms with Gasteiger partial charge >= 0.3 is 6.03 Å². The molecule has 2 aliphatic heterocycles. The van der Waals surface area contributed by atoms with E-state index in [1.807, 2.05) is 26.8 Å². The fraction of sp³-hybridized carbons (Fsp3) is 0.364. The molecule has 0 saturated carbocycles. The standard InChI is InChI=1S/C22H24N2O5/c1-21(2,3)13-9-15-16-11-22(4,29-18(15)17(25)10-13)24(20(28)23-16)14-7-5-6-12(8-14)19(26)27/h5-10,16,25H,11H2,1-4H3,(H,23,28)(H,26,27)/p-1/t16-,22-/m1/s1. The lowest BCUT2D eigenvalue weighted by molar-refractivity contribution is -0.255. The second kappa shape index (κ2) is 6.14. The molecule has 0 unspecified atom stereocenters. The predicted octanol–water partition coefficient (Wildman–Crippen LogP) is 2.82. The van der Waals surface area contributed by atoms with Crippen molar-refractivity contribution in [3.8, 4) is 11.5 Å². The van der Waals surface area contributed by atoms with E-state index in [0.29, 0.717) is 17.9 Å². The Kier molecular flexibility index (Phi) is 4.05. The summed E-state index contributed by atoms with van der Waals surface area (Å²) in [5, 5.41) is 24.9. The highest BCUT2D eigenvalue weighted by atomic mass is 16.5. The Hall–Kier alpha value is -3.22. The number of aromatic hydroxyl groups is 1. The molecular weight excluding hydrogens is 372 g/mol. The molecule has 0 radical (unpaired) electrons. The van der Waals surface area contributed by atoms with Crippen molar-refractivity contribution in [1.29, 1.82) is 0 Å². The SMILES string of the molecule is CC(C)(C)c1cc(O)c2c(c1)[C@H]1C[C@@](C)(O2)N(c2cccc(C(=O)[O-])c2)C(=O)N1. The molecule has 2 N–H and O–H groups in total. The Bertz CT molecular complexity index is 1030. The first-order valence-electron chi connectivity index (χ1n) is 9.48. The van der Waals surface area contributed by atoms with E-state index < -0.39 is 17.7 Å². The molecule has 7 nitrogen and oxygen atoms in total. The lowest BCUT2D eigenvalue weighted by Crippen LogP contribution is -2.65. The topological polar surface area (TPSA) is 102 Å². The smallest absolute Gasteiger partial charge is 0.325 e. The summed E-state index contributed by atoms with van der Waals surface area (Å²) in [4.78, 5) is 25.6. The number of nitrogens with one attached hydrogen (secondary N) is 1. The zero-order valence-corrected chi connectivity index (χ0v) is 16.8. The van der Waals surface area contributed by atoms with Crippen molar-refractivity contribution < 1.29 is 24.5 Å². The first kappa shape index (κ1) is 19.1. The van der Waals surface area contributed by atoms with E-state index >= 15 is 0 Å². The molecule has 7 heteroatoms. The van der Waals surface area contributed by atoms with Crippen LogP contribution in [0.25, 0.3) is 0 Å². The van der Waals surface area contributed by atoms with Gasteiger partial charge in [-0.15, -0.1) is 0 Å². The van der Waals surface area contributed by atoms with E-state index in [9.17, 15) is 19.8 Å². The van der Waals surface area contributed by atoms with Crippen molar-refractivity contribution in [2.24, 2.45) is 0 Å². The molecule has 2 amide bonds. The molecule has 29 heavy (non-hydrogen) atoms. The third kappa shape index (κ3) is 3.06. The lowest BCUT2D eigenvalue weighted by atomic mass is 9.82. The van der Waals surface area contributed by atoms with Crippen molar-refractivity contribution in [2.45, 2.75) is 51.3 Å². The number of rotatable bonds is 2. The molecule has 152 valence electrons. The maximum Gasteiger partial charge on any atom is 0.325 e. The van der Waals surface area contributed by atoms with Crippen LogP contribution in [0.3, 0.4) is 0 Å². The monoisotopic (exact) mass is 395 g/mol. The number of ether oxygens (including phenoxy) is 1. The second-order valence-corrected chi connectivity index (χ2v) is 8.82. The van der Waals surface area contributed by atoms with Crippen LogP contribution in [0, 0.1) is 0 Å². The molecule has 0 aromatic heterocycles. The van der Waals surface area contributed by atoms with Gasteiger partial charge < -0.3 is 25.1 Å². The number of carboxylic acid groups (broad SMARTS) is 1. The minimum Gasteiger partial charge on any atom is -0.545 e. The van der Waals surface area contributed by atoms with Crippen LogP contribution < -0.4 is 20.1 Å². The second-order valence-electron chi connectivity index (χ2n) is 8.82. The van der Waals surface area contributed by atoms with E-state index in [0.717, 1.165) is 11.1 Å². The number of fused-ring (bicyclic) bond motifs is 4. The maximum atomic E-state index is 13.0. The Labute approximate surface area is 168 Å². The summed E-state index contributed by atoms with van der Waals surface area (Å²) >= 11 is 0. The quantitative estimate of drug-likeness (QED) is 0.814. The van der Waals surface area contributed by atoms with Crippen molar-refractivity contribution in [3.63, 3.8) is 0 Å². The van der Waals surface area contributed by atoms with Crippen LogP contribution in [0.15, 0.2) is 36.4 Å². The number of amides is 2. The largest absolute Gasteiger partial charge is 0.545 e. The number of hydrogen-bond donors (Lipinski definition) is 2. The first-order chi connectivity index (χ1) is 13.5. The Morgan fingerprint density at radius 1 is 1.31 bits per heavy atom. The molecule has 2 bridgehead atoms. The third-order valence-corrected chi connectivity index (χ3v) is 5.56. The van der Waals surface area contributed by atoms with E-state index in [1.165, 1.54) is 17.0 Å². The van der Waals surface area contributed by atoms with Gasteiger partial charge in [0.25, 0.3) is 0 Å². The van der Waals surface area contributed by atoms with Crippen molar-refractivity contribution in [1.82, 2.24) is 5.32 Å². The average molecular weight is 395 g/mol. The molecule has 4 rings (SSSR count). The summed E-state index contributed by atoms with van der Waals surface area (Å²) < 4.78 is 6.18. The molecule has 2 aromatic carbocycles. The number of urea groups is 1. The van der Waals surface area contributed by atoms with Gasteiger partial charge in [-0.1, -0.05) is 32.9 Å². The van der Waals surface area contributed by atoms with Crippen LogP contribution in [0.1, 0.15) is 61.6 Å². The summed E-state index contributed by atoms with van der Waals surface area (Å²) in [6.07, 6.45) is 0.439. The summed E-state index contributed by atoms with van der Waals surface area (Å²) in [7, 11) is 0. The predicted molar refractivity (Wildman–Crippen MR) is 105 cm³/mol. The number of aromatic carboxylic acids is 1. The number of benzene rings is 2. The molecule has 1 saturated heterocycles. The number of phenolic OH excluding ortho intramolecular Hbond substituents is 1. The Balaban J connectivity index is 1.80. The van der Waals surface area contributed by atoms with Crippen LogP contribution in [0.4, 0.5) is 10.5 Å². The lowest BCUT2D eigenvalue weighted by Gasteiger charge is -2.50. The molecule has 2 atom stereocenters. The molecule has 0 spiro atoms. The number of carboxylic acids is 1. The normalized spacial score (nSPS) is 23.1. The van der Waals surface area contributed by atoms with Crippen molar-refractivity contribution in [2.75, 3.05) is 4.90 Å². The fourth-order valence-corrected chi connectivity index (χ4v) is 4.05. The number of hydrogen-bond acceptors (Lipinski definition) is 5. The average Bonchev–Trinajstić information content (AvgIpc) is 2.61. The van der Waals surface area contributed by atoms with Gasteiger partial charge in [0.2, 0.25) is 0 Å². The molecule has 2 aromatic rings. The number of carbonyl (C=O) groups is 2. The highest BCUT2D eigenvalue weighted by molar-refractivity contribution is 5.96. The minimum atomic E-state index is -1.32. The molecule has 2 aliphatic rings. The molecule has 0 aliphatic carbocycles. The van der Waals surface area contributed by atoms with Gasteiger partial charge in [0, 0.05) is 12.0 Å². The van der Waals surface area contributed by atoms with Crippen LogP contribution in [0.5, 0.6) is 11.5 Å². The molecule has 1 fully saturated rings. The minimum absolute atomic E-state index is 0.0166. The van der Waals surface area contributed by atoms with Gasteiger partial charge in [0.15, 0.2) is 17.2 Å². The van der Waals surface area contributed by atoms with E-state index in [4.69, 9.17) is 4.74 Å². The van der Waals surface area contributed by atoms with E-state index in [2.05, 4.69) is 5.32 Å². The summed E-state index contributed by atoms with van der Waals surface area (Å²) in [6.45, 7) is 7.90. The van der Waals surface area contributed by atoms with Gasteiger partial charge in [-0.2, -0.15) is 0 Å². The highest BCUT2D eigenvalue weighted by Gasteiger charge is 2.50. The maximum absolute atomic E-state index is 13.0. The third-order valence-electron chi connectivity index (χ3n) is 5.56.